The Morgan fingerprint density at radius 2 is 2.03 bits per heavy atom. The van der Waals surface area contributed by atoms with Crippen molar-refractivity contribution < 1.29 is 13.7 Å². The van der Waals surface area contributed by atoms with E-state index in [0.717, 1.165) is 22.4 Å². The summed E-state index contributed by atoms with van der Waals surface area (Å²) in [6.45, 7) is 0. The number of halogens is 1. The van der Waals surface area contributed by atoms with Crippen LogP contribution in [0.15, 0.2) is 71.8 Å². The topological polar surface area (TPSA) is 114 Å². The van der Waals surface area contributed by atoms with Crippen LogP contribution in [0.5, 0.6) is 0 Å². The monoisotopic (exact) mass is 503 g/mol. The lowest BCUT2D eigenvalue weighted by molar-refractivity contribution is 0.198. The van der Waals surface area contributed by atoms with Crippen LogP contribution in [0.1, 0.15) is 35.0 Å². The summed E-state index contributed by atoms with van der Waals surface area (Å²) in [7, 11) is -1.59. The SMILES string of the molecule is Cn1cc2c(c1C(O)Nc1ccc(F)c(C#N)c1)CC[C@H](Cc1ccc3ccccc3c1)NS2(=N)=O. The number of hydrogen-bond acceptors (Lipinski definition) is 5. The summed E-state index contributed by atoms with van der Waals surface area (Å²) in [5.41, 5.74) is 2.49. The van der Waals surface area contributed by atoms with E-state index in [9.17, 15) is 13.7 Å². The predicted octanol–water partition coefficient (Wildman–Crippen LogP) is 4.76. The zero-order valence-corrected chi connectivity index (χ0v) is 20.5. The van der Waals surface area contributed by atoms with Crippen LogP contribution in [0.4, 0.5) is 10.1 Å². The number of nitrogens with one attached hydrogen (secondary N) is 3. The summed E-state index contributed by atoms with van der Waals surface area (Å²) in [6.07, 6.45) is 2.21. The molecule has 7 nitrogen and oxygen atoms in total. The Morgan fingerprint density at radius 1 is 1.25 bits per heavy atom. The van der Waals surface area contributed by atoms with Crippen molar-refractivity contribution >= 4 is 26.4 Å². The van der Waals surface area contributed by atoms with Crippen LogP contribution in [-0.2, 0) is 29.8 Å². The van der Waals surface area contributed by atoms with E-state index < -0.39 is 22.0 Å². The number of aryl methyl sites for hydroxylation is 1. The number of rotatable bonds is 5. The normalized spacial score (nSPS) is 20.3. The van der Waals surface area contributed by atoms with E-state index in [1.165, 1.54) is 12.1 Å². The number of nitriles is 1. The maximum Gasteiger partial charge on any atom is 0.166 e. The number of hydrogen-bond donors (Lipinski definition) is 4. The molecule has 9 heteroatoms. The van der Waals surface area contributed by atoms with E-state index in [-0.39, 0.29) is 11.6 Å². The summed E-state index contributed by atoms with van der Waals surface area (Å²) < 4.78 is 40.6. The van der Waals surface area contributed by atoms with Crippen molar-refractivity contribution in [1.82, 2.24) is 9.29 Å². The van der Waals surface area contributed by atoms with Gasteiger partial charge in [-0.3, -0.25) is 0 Å². The van der Waals surface area contributed by atoms with E-state index in [4.69, 9.17) is 10.0 Å². The van der Waals surface area contributed by atoms with E-state index in [1.54, 1.807) is 23.9 Å². The molecule has 1 aromatic heterocycles. The minimum Gasteiger partial charge on any atom is -0.368 e. The van der Waals surface area contributed by atoms with Gasteiger partial charge in [-0.1, -0.05) is 42.5 Å². The van der Waals surface area contributed by atoms with E-state index >= 15 is 0 Å². The smallest absolute Gasteiger partial charge is 0.166 e. The third-order valence-corrected chi connectivity index (χ3v) is 8.26. The molecule has 0 aliphatic carbocycles. The lowest BCUT2D eigenvalue weighted by atomic mass is 9.97. The standard InChI is InChI=1S/C27H26FN5O2S/c1-33-16-25-23(26(33)27(34)31-21-9-11-24(28)20(14-21)15-29)10-8-22(32-36(25,30)35)13-17-6-7-18-4-2-3-5-19(18)12-17/h2-7,9,11-12,14,16,22,27,31,34H,8,10,13H2,1H3,(H2,30,32,35)/t22-,27?,36?/m1/s1. The van der Waals surface area contributed by atoms with Crippen LogP contribution in [0.3, 0.4) is 0 Å². The Hall–Kier alpha value is -3.71. The van der Waals surface area contributed by atoms with Gasteiger partial charge >= 0.3 is 0 Å². The highest BCUT2D eigenvalue weighted by Crippen LogP contribution is 2.32. The highest BCUT2D eigenvalue weighted by Gasteiger charge is 2.31. The van der Waals surface area contributed by atoms with Gasteiger partial charge in [-0.05, 0) is 59.4 Å². The van der Waals surface area contributed by atoms with Gasteiger partial charge in [0.2, 0.25) is 0 Å². The fraction of sp³-hybridized carbons (Fsp3) is 0.222. The Labute approximate surface area is 209 Å². The van der Waals surface area contributed by atoms with Gasteiger partial charge in [-0.25, -0.2) is 18.1 Å². The third kappa shape index (κ3) is 4.58. The predicted molar refractivity (Wildman–Crippen MR) is 137 cm³/mol. The number of benzene rings is 3. The first-order valence-electron chi connectivity index (χ1n) is 11.6. The van der Waals surface area contributed by atoms with Crippen molar-refractivity contribution in [3.8, 4) is 6.07 Å². The van der Waals surface area contributed by atoms with Gasteiger partial charge in [-0.15, -0.1) is 0 Å². The van der Waals surface area contributed by atoms with Gasteiger partial charge < -0.3 is 15.0 Å². The first-order valence-corrected chi connectivity index (χ1v) is 13.2. The number of anilines is 1. The molecule has 4 N–H and O–H groups in total. The van der Waals surface area contributed by atoms with Crippen molar-refractivity contribution in [3.63, 3.8) is 0 Å². The summed E-state index contributed by atoms with van der Waals surface area (Å²) in [5.74, 6) is -0.636. The van der Waals surface area contributed by atoms with E-state index in [2.05, 4.69) is 40.4 Å². The van der Waals surface area contributed by atoms with Gasteiger partial charge in [0.25, 0.3) is 0 Å². The molecule has 0 spiro atoms. The Morgan fingerprint density at radius 3 is 2.81 bits per heavy atom. The maximum absolute atomic E-state index is 13.7. The Balaban J connectivity index is 1.40. The zero-order chi connectivity index (χ0) is 25.4. The third-order valence-electron chi connectivity index (χ3n) is 6.63. The second-order valence-electron chi connectivity index (χ2n) is 9.12. The molecule has 0 amide bonds. The van der Waals surface area contributed by atoms with Gasteiger partial charge in [0.05, 0.1) is 16.2 Å². The zero-order valence-electron chi connectivity index (χ0n) is 19.7. The molecule has 0 fully saturated rings. The first-order chi connectivity index (χ1) is 17.2. The fourth-order valence-corrected chi connectivity index (χ4v) is 6.57. The van der Waals surface area contributed by atoms with Crippen LogP contribution < -0.4 is 10.0 Å². The molecule has 4 aromatic rings. The van der Waals surface area contributed by atoms with Gasteiger partial charge in [0.1, 0.15) is 21.8 Å². The average Bonchev–Trinajstić information content (AvgIpc) is 3.14. The molecule has 36 heavy (non-hydrogen) atoms. The number of nitrogens with zero attached hydrogens (tertiary/aromatic N) is 2. The van der Waals surface area contributed by atoms with Crippen molar-refractivity contribution in [3.05, 3.63) is 95.1 Å². The van der Waals surface area contributed by atoms with Crippen LogP contribution in [0.2, 0.25) is 0 Å². The minimum atomic E-state index is -3.32. The molecular weight excluding hydrogens is 477 g/mol. The van der Waals surface area contributed by atoms with Crippen LogP contribution in [-0.4, -0.2) is 19.9 Å². The van der Waals surface area contributed by atoms with Gasteiger partial charge in [0, 0.05) is 25.0 Å². The Kier molecular flexibility index (Phi) is 6.26. The van der Waals surface area contributed by atoms with Crippen molar-refractivity contribution in [2.45, 2.75) is 36.4 Å². The van der Waals surface area contributed by atoms with Crippen LogP contribution in [0, 0.1) is 21.9 Å². The summed E-state index contributed by atoms with van der Waals surface area (Å²) in [6, 6.07) is 19.9. The van der Waals surface area contributed by atoms with E-state index in [1.807, 2.05) is 12.1 Å². The van der Waals surface area contributed by atoms with Crippen LogP contribution >= 0.6 is 0 Å². The molecule has 3 aromatic carbocycles. The molecule has 0 saturated carbocycles. The average molecular weight is 504 g/mol. The largest absolute Gasteiger partial charge is 0.368 e. The van der Waals surface area contributed by atoms with E-state index in [0.29, 0.717) is 41.1 Å². The van der Waals surface area contributed by atoms with Crippen molar-refractivity contribution in [2.75, 3.05) is 5.32 Å². The Bertz CT molecular complexity index is 1610. The first kappa shape index (κ1) is 24.0. The summed E-state index contributed by atoms with van der Waals surface area (Å²) in [4.78, 5) is 0.360. The quantitative estimate of drug-likeness (QED) is 0.294. The highest BCUT2D eigenvalue weighted by molar-refractivity contribution is 7.90. The molecule has 5 rings (SSSR count). The molecule has 1 aliphatic rings. The van der Waals surface area contributed by atoms with Crippen molar-refractivity contribution in [2.24, 2.45) is 7.05 Å². The van der Waals surface area contributed by atoms with Crippen molar-refractivity contribution in [1.29, 1.82) is 10.0 Å². The lowest BCUT2D eigenvalue weighted by Crippen LogP contribution is -2.34. The number of aliphatic hydroxyl groups is 1. The maximum atomic E-state index is 13.7. The number of fused-ring (bicyclic) bond motifs is 2. The molecular formula is C27H26FN5O2S. The fourth-order valence-electron chi connectivity index (χ4n) is 4.92. The minimum absolute atomic E-state index is 0.132. The summed E-state index contributed by atoms with van der Waals surface area (Å²) in [5, 5.41) is 25.3. The van der Waals surface area contributed by atoms with Gasteiger partial charge in [0.15, 0.2) is 6.23 Å². The molecule has 0 saturated heterocycles. The molecule has 184 valence electrons. The number of aromatic nitrogens is 1. The lowest BCUT2D eigenvalue weighted by Gasteiger charge is -2.19. The molecule has 2 unspecified atom stereocenters. The number of aliphatic hydroxyl groups excluding tert-OH is 1. The molecule has 2 heterocycles. The molecule has 1 aliphatic heterocycles. The molecule has 0 bridgehead atoms. The second-order valence-corrected chi connectivity index (χ2v) is 10.9. The summed E-state index contributed by atoms with van der Waals surface area (Å²) >= 11 is 0. The molecule has 0 radical (unpaired) electrons. The molecule has 3 atom stereocenters. The highest BCUT2D eigenvalue weighted by atomic mass is 32.2. The van der Waals surface area contributed by atoms with Crippen LogP contribution in [0.25, 0.3) is 10.8 Å². The second kappa shape index (κ2) is 9.39. The van der Waals surface area contributed by atoms with Gasteiger partial charge in [-0.2, -0.15) is 5.26 Å².